The highest BCUT2D eigenvalue weighted by Crippen LogP contribution is 2.33. The van der Waals surface area contributed by atoms with Crippen molar-refractivity contribution in [3.63, 3.8) is 0 Å². The number of nitrogens with zero attached hydrogens (tertiary/aromatic N) is 1. The van der Waals surface area contributed by atoms with Crippen LogP contribution in [0.5, 0.6) is 0 Å². The molecule has 1 saturated heterocycles. The van der Waals surface area contributed by atoms with Crippen LogP contribution in [0.15, 0.2) is 24.3 Å². The number of rotatable bonds is 5. The van der Waals surface area contributed by atoms with Crippen LogP contribution in [-0.2, 0) is 10.4 Å². The average molecular weight is 284 g/mol. The maximum Gasteiger partial charge on any atom is 0.342 e. The van der Waals surface area contributed by atoms with E-state index in [9.17, 15) is 15.0 Å². The summed E-state index contributed by atoms with van der Waals surface area (Å²) in [6, 6.07) is 5.96. The number of carboxylic acids is 1. The highest BCUT2D eigenvalue weighted by atomic mass is 35.5. The van der Waals surface area contributed by atoms with Crippen molar-refractivity contribution in [2.75, 3.05) is 13.1 Å². The van der Waals surface area contributed by atoms with Gasteiger partial charge in [-0.15, -0.1) is 0 Å². The molecule has 0 bridgehead atoms. The van der Waals surface area contributed by atoms with E-state index < -0.39 is 17.6 Å². The van der Waals surface area contributed by atoms with E-state index in [1.165, 1.54) is 0 Å². The molecule has 1 aliphatic heterocycles. The van der Waals surface area contributed by atoms with Gasteiger partial charge in [0, 0.05) is 5.02 Å². The van der Waals surface area contributed by atoms with Gasteiger partial charge in [-0.3, -0.25) is 4.90 Å². The predicted octanol–water partition coefficient (Wildman–Crippen LogP) is 2.10. The first-order valence-corrected chi connectivity index (χ1v) is 6.83. The molecule has 4 nitrogen and oxygen atoms in total. The average Bonchev–Trinajstić information content (AvgIpc) is 2.33. The van der Waals surface area contributed by atoms with E-state index in [1.807, 2.05) is 11.8 Å². The SMILES string of the molecule is CCC(N1CCC1)[C@@](O)(C(=O)O)c1ccc(Cl)cc1. The van der Waals surface area contributed by atoms with Gasteiger partial charge in [0.1, 0.15) is 0 Å². The van der Waals surface area contributed by atoms with Crippen LogP contribution in [0.2, 0.25) is 5.02 Å². The van der Waals surface area contributed by atoms with E-state index in [2.05, 4.69) is 0 Å². The monoisotopic (exact) mass is 283 g/mol. The van der Waals surface area contributed by atoms with Crippen molar-refractivity contribution >= 4 is 17.6 Å². The molecule has 0 amide bonds. The summed E-state index contributed by atoms with van der Waals surface area (Å²) in [6.07, 6.45) is 1.62. The number of likely N-dealkylation sites (tertiary alicyclic amines) is 1. The summed E-state index contributed by atoms with van der Waals surface area (Å²) in [6.45, 7) is 3.57. The number of halogens is 1. The molecule has 1 unspecified atom stereocenters. The van der Waals surface area contributed by atoms with E-state index in [0.717, 1.165) is 19.5 Å². The molecular weight excluding hydrogens is 266 g/mol. The predicted molar refractivity (Wildman–Crippen MR) is 73.3 cm³/mol. The lowest BCUT2D eigenvalue weighted by Gasteiger charge is -2.44. The smallest absolute Gasteiger partial charge is 0.342 e. The molecule has 1 heterocycles. The topological polar surface area (TPSA) is 60.8 Å². The zero-order valence-electron chi connectivity index (χ0n) is 10.8. The van der Waals surface area contributed by atoms with Crippen LogP contribution in [0.3, 0.4) is 0 Å². The van der Waals surface area contributed by atoms with Gasteiger partial charge in [0.2, 0.25) is 5.60 Å². The summed E-state index contributed by atoms with van der Waals surface area (Å²) >= 11 is 5.82. The second-order valence-corrected chi connectivity index (χ2v) is 5.33. The van der Waals surface area contributed by atoms with Crippen LogP contribution < -0.4 is 0 Å². The zero-order valence-corrected chi connectivity index (χ0v) is 11.6. The van der Waals surface area contributed by atoms with Gasteiger partial charge in [-0.2, -0.15) is 0 Å². The maximum absolute atomic E-state index is 11.6. The maximum atomic E-state index is 11.6. The van der Waals surface area contributed by atoms with Crippen LogP contribution >= 0.6 is 11.6 Å². The van der Waals surface area contributed by atoms with Crippen LogP contribution in [0.25, 0.3) is 0 Å². The third kappa shape index (κ3) is 2.48. The van der Waals surface area contributed by atoms with Crippen molar-refractivity contribution in [2.24, 2.45) is 0 Å². The molecule has 104 valence electrons. The molecule has 5 heteroatoms. The Balaban J connectivity index is 2.40. The van der Waals surface area contributed by atoms with Crippen LogP contribution in [0, 0.1) is 0 Å². The molecule has 0 aromatic heterocycles. The Morgan fingerprint density at radius 3 is 2.37 bits per heavy atom. The Hall–Kier alpha value is -1.10. The van der Waals surface area contributed by atoms with Crippen molar-refractivity contribution in [3.05, 3.63) is 34.9 Å². The molecule has 1 aromatic rings. The van der Waals surface area contributed by atoms with Crippen LogP contribution in [0.4, 0.5) is 0 Å². The van der Waals surface area contributed by atoms with E-state index >= 15 is 0 Å². The van der Waals surface area contributed by atoms with Gasteiger partial charge in [-0.1, -0.05) is 30.7 Å². The lowest BCUT2D eigenvalue weighted by atomic mass is 9.82. The summed E-state index contributed by atoms with van der Waals surface area (Å²) in [4.78, 5) is 13.7. The second-order valence-electron chi connectivity index (χ2n) is 4.89. The standard InChI is InChI=1S/C14H18ClNO3/c1-2-12(16-8-3-9-16)14(19,13(17)18)10-4-6-11(15)7-5-10/h4-7,12,19H,2-3,8-9H2,1H3,(H,17,18)/t12?,14-/m1/s1. The summed E-state index contributed by atoms with van der Waals surface area (Å²) in [5, 5.41) is 20.8. The minimum atomic E-state index is -1.89. The van der Waals surface area contributed by atoms with Crippen molar-refractivity contribution in [1.29, 1.82) is 0 Å². The molecule has 19 heavy (non-hydrogen) atoms. The van der Waals surface area contributed by atoms with Gasteiger partial charge < -0.3 is 10.2 Å². The second kappa shape index (κ2) is 5.49. The van der Waals surface area contributed by atoms with Crippen LogP contribution in [0.1, 0.15) is 25.3 Å². The quantitative estimate of drug-likeness (QED) is 0.869. The molecule has 0 radical (unpaired) electrons. The first kappa shape index (κ1) is 14.3. The number of hydrogen-bond acceptors (Lipinski definition) is 3. The molecule has 2 N–H and O–H groups in total. The Bertz CT molecular complexity index is 458. The molecular formula is C14H18ClNO3. The lowest BCUT2D eigenvalue weighted by molar-refractivity contribution is -0.171. The van der Waals surface area contributed by atoms with Gasteiger partial charge >= 0.3 is 5.97 Å². The van der Waals surface area contributed by atoms with Gasteiger partial charge in [-0.25, -0.2) is 4.79 Å². The summed E-state index contributed by atoms with van der Waals surface area (Å²) in [5.74, 6) is -1.21. The third-order valence-corrected chi connectivity index (χ3v) is 4.06. The first-order chi connectivity index (χ1) is 9.00. The molecule has 1 aromatic carbocycles. The van der Waals surface area contributed by atoms with E-state index in [4.69, 9.17) is 11.6 Å². The van der Waals surface area contributed by atoms with Crippen molar-refractivity contribution in [3.8, 4) is 0 Å². The summed E-state index contributed by atoms with van der Waals surface area (Å²) < 4.78 is 0. The number of hydrogen-bond donors (Lipinski definition) is 2. The number of carboxylic acid groups (broad SMARTS) is 1. The highest BCUT2D eigenvalue weighted by Gasteiger charge is 2.48. The number of carbonyl (C=O) groups is 1. The Morgan fingerprint density at radius 1 is 1.42 bits per heavy atom. The van der Waals surface area contributed by atoms with Crippen LogP contribution in [-0.4, -0.2) is 40.2 Å². The molecule has 1 aliphatic rings. The number of aliphatic carboxylic acids is 1. The highest BCUT2D eigenvalue weighted by molar-refractivity contribution is 6.30. The van der Waals surface area contributed by atoms with Crippen molar-refractivity contribution < 1.29 is 15.0 Å². The summed E-state index contributed by atoms with van der Waals surface area (Å²) in [7, 11) is 0. The molecule has 0 aliphatic carbocycles. The molecule has 1 fully saturated rings. The molecule has 0 saturated carbocycles. The number of benzene rings is 1. The Kier molecular flexibility index (Phi) is 4.13. The zero-order chi connectivity index (χ0) is 14.0. The first-order valence-electron chi connectivity index (χ1n) is 6.46. The van der Waals surface area contributed by atoms with E-state index in [0.29, 0.717) is 17.0 Å². The fourth-order valence-corrected chi connectivity index (χ4v) is 2.76. The summed E-state index contributed by atoms with van der Waals surface area (Å²) in [5.41, 5.74) is -1.51. The fraction of sp³-hybridized carbons (Fsp3) is 0.500. The normalized spacial score (nSPS) is 20.4. The van der Waals surface area contributed by atoms with Crippen molar-refractivity contribution in [2.45, 2.75) is 31.4 Å². The van der Waals surface area contributed by atoms with E-state index in [-0.39, 0.29) is 0 Å². The minimum absolute atomic E-state index is 0.378. The fourth-order valence-electron chi connectivity index (χ4n) is 2.63. The van der Waals surface area contributed by atoms with Gasteiger partial charge in [0.05, 0.1) is 6.04 Å². The minimum Gasteiger partial charge on any atom is -0.479 e. The number of aliphatic hydroxyl groups is 1. The van der Waals surface area contributed by atoms with Gasteiger partial charge in [0.15, 0.2) is 0 Å². The Labute approximate surface area is 117 Å². The molecule has 2 rings (SSSR count). The van der Waals surface area contributed by atoms with Crippen molar-refractivity contribution in [1.82, 2.24) is 4.90 Å². The lowest BCUT2D eigenvalue weighted by Crippen LogP contribution is -2.58. The van der Waals surface area contributed by atoms with Gasteiger partial charge in [0.25, 0.3) is 0 Å². The largest absolute Gasteiger partial charge is 0.479 e. The molecule has 0 spiro atoms. The third-order valence-electron chi connectivity index (χ3n) is 3.81. The Morgan fingerprint density at radius 2 is 2.00 bits per heavy atom. The van der Waals surface area contributed by atoms with Gasteiger partial charge in [-0.05, 0) is 43.6 Å². The molecule has 2 atom stereocenters. The van der Waals surface area contributed by atoms with E-state index in [1.54, 1.807) is 24.3 Å².